The zero-order valence-electron chi connectivity index (χ0n) is 13.9. The first-order valence-corrected chi connectivity index (χ1v) is 8.58. The van der Waals surface area contributed by atoms with E-state index in [-0.39, 0.29) is 5.91 Å². The van der Waals surface area contributed by atoms with Crippen molar-refractivity contribution in [1.29, 1.82) is 0 Å². The van der Waals surface area contributed by atoms with E-state index in [4.69, 9.17) is 9.26 Å². The summed E-state index contributed by atoms with van der Waals surface area (Å²) in [5, 5.41) is 12.3. The van der Waals surface area contributed by atoms with E-state index >= 15 is 0 Å². The first-order valence-electron chi connectivity index (χ1n) is 7.70. The van der Waals surface area contributed by atoms with Gasteiger partial charge >= 0.3 is 0 Å². The van der Waals surface area contributed by atoms with Gasteiger partial charge in [0.1, 0.15) is 11.4 Å². The van der Waals surface area contributed by atoms with Crippen LogP contribution in [0.5, 0.6) is 5.75 Å². The summed E-state index contributed by atoms with van der Waals surface area (Å²) in [5.41, 5.74) is 1.55. The lowest BCUT2D eigenvalue weighted by molar-refractivity contribution is -0.117. The van der Waals surface area contributed by atoms with Gasteiger partial charge in [0.15, 0.2) is 10.9 Å². The van der Waals surface area contributed by atoms with Gasteiger partial charge in [0.25, 0.3) is 0 Å². The predicted octanol–water partition coefficient (Wildman–Crippen LogP) is 2.92. The van der Waals surface area contributed by atoms with E-state index < -0.39 is 6.04 Å². The first-order chi connectivity index (χ1) is 12.2. The largest absolute Gasteiger partial charge is 0.496 e. The molecular weight excluding hydrogens is 340 g/mol. The topological polar surface area (TPSA) is 89.3 Å². The zero-order valence-corrected chi connectivity index (χ0v) is 14.7. The molecule has 2 aromatic heterocycles. The van der Waals surface area contributed by atoms with Gasteiger partial charge in [-0.25, -0.2) is 4.98 Å². The van der Waals surface area contributed by atoms with Crippen LogP contribution >= 0.6 is 11.3 Å². The summed E-state index contributed by atoms with van der Waals surface area (Å²) in [6, 6.07) is 9.02. The number of hydrogen-bond acceptors (Lipinski definition) is 7. The van der Waals surface area contributed by atoms with E-state index in [0.29, 0.717) is 23.1 Å². The van der Waals surface area contributed by atoms with Crippen molar-refractivity contribution in [2.45, 2.75) is 19.5 Å². The van der Waals surface area contributed by atoms with Crippen LogP contribution in [0.2, 0.25) is 0 Å². The standard InChI is InChI=1S/C17H18N4O3S/c1-11(16(22)20-17-18-7-8-25-17)19-10-12-9-14(21-24-12)13-5-3-4-6-15(13)23-2/h3-9,11,19H,10H2,1-2H3,(H,18,20,22)/t11-/m0/s1. The van der Waals surface area contributed by atoms with Gasteiger partial charge < -0.3 is 14.6 Å². The Labute approximate surface area is 149 Å². The van der Waals surface area contributed by atoms with Crippen molar-refractivity contribution in [3.8, 4) is 17.0 Å². The van der Waals surface area contributed by atoms with Crippen molar-refractivity contribution in [3.63, 3.8) is 0 Å². The second-order valence-electron chi connectivity index (χ2n) is 5.31. The lowest BCUT2D eigenvalue weighted by Crippen LogP contribution is -2.37. The van der Waals surface area contributed by atoms with Crippen LogP contribution in [0.15, 0.2) is 46.4 Å². The first kappa shape index (κ1) is 17.1. The molecule has 0 spiro atoms. The minimum Gasteiger partial charge on any atom is -0.496 e. The minimum atomic E-state index is -0.399. The molecule has 0 aliphatic heterocycles. The number of anilines is 1. The number of carbonyl (C=O) groups excluding carboxylic acids is 1. The predicted molar refractivity (Wildman–Crippen MR) is 95.5 cm³/mol. The fourth-order valence-corrected chi connectivity index (χ4v) is 2.76. The molecule has 0 aliphatic rings. The summed E-state index contributed by atoms with van der Waals surface area (Å²) in [5.74, 6) is 1.21. The molecule has 8 heteroatoms. The number of hydrogen-bond donors (Lipinski definition) is 2. The normalized spacial score (nSPS) is 11.9. The molecule has 0 aliphatic carbocycles. The molecule has 25 heavy (non-hydrogen) atoms. The molecule has 1 amide bonds. The van der Waals surface area contributed by atoms with E-state index in [0.717, 1.165) is 11.3 Å². The van der Waals surface area contributed by atoms with E-state index in [1.54, 1.807) is 20.2 Å². The summed E-state index contributed by atoms with van der Waals surface area (Å²) in [6.07, 6.45) is 1.65. The smallest absolute Gasteiger partial charge is 0.243 e. The number of rotatable bonds is 7. The molecule has 0 bridgehead atoms. The average Bonchev–Trinajstić information content (AvgIpc) is 3.31. The molecule has 0 saturated carbocycles. The highest BCUT2D eigenvalue weighted by Gasteiger charge is 2.15. The third-order valence-electron chi connectivity index (χ3n) is 3.58. The van der Waals surface area contributed by atoms with Gasteiger partial charge in [-0.3, -0.25) is 10.1 Å². The lowest BCUT2D eigenvalue weighted by Gasteiger charge is -2.11. The fourth-order valence-electron chi connectivity index (χ4n) is 2.22. The Hall–Kier alpha value is -2.71. The highest BCUT2D eigenvalue weighted by Crippen LogP contribution is 2.28. The second-order valence-corrected chi connectivity index (χ2v) is 6.20. The van der Waals surface area contributed by atoms with Crippen LogP contribution in [-0.2, 0) is 11.3 Å². The minimum absolute atomic E-state index is 0.153. The summed E-state index contributed by atoms with van der Waals surface area (Å²) in [7, 11) is 1.62. The molecule has 3 rings (SSSR count). The third-order valence-corrected chi connectivity index (χ3v) is 4.27. The van der Waals surface area contributed by atoms with Crippen molar-refractivity contribution < 1.29 is 14.1 Å². The van der Waals surface area contributed by atoms with E-state index in [1.807, 2.05) is 35.7 Å². The van der Waals surface area contributed by atoms with Crippen molar-refractivity contribution >= 4 is 22.4 Å². The van der Waals surface area contributed by atoms with Crippen molar-refractivity contribution in [2.24, 2.45) is 0 Å². The van der Waals surface area contributed by atoms with Crippen molar-refractivity contribution in [1.82, 2.24) is 15.5 Å². The Morgan fingerprint density at radius 2 is 2.24 bits per heavy atom. The number of benzene rings is 1. The molecule has 0 unspecified atom stereocenters. The van der Waals surface area contributed by atoms with Crippen LogP contribution in [0.3, 0.4) is 0 Å². The van der Waals surface area contributed by atoms with Gasteiger partial charge in [-0.15, -0.1) is 11.3 Å². The van der Waals surface area contributed by atoms with Crippen molar-refractivity contribution in [2.75, 3.05) is 12.4 Å². The fraction of sp³-hybridized carbons (Fsp3) is 0.235. The van der Waals surface area contributed by atoms with Gasteiger partial charge in [0.2, 0.25) is 5.91 Å². The van der Waals surface area contributed by atoms with Gasteiger partial charge in [0, 0.05) is 23.2 Å². The van der Waals surface area contributed by atoms with Gasteiger partial charge in [0.05, 0.1) is 19.7 Å². The Balaban J connectivity index is 1.59. The maximum absolute atomic E-state index is 12.1. The van der Waals surface area contributed by atoms with Crippen LogP contribution in [-0.4, -0.2) is 29.2 Å². The maximum atomic E-state index is 12.1. The number of carbonyl (C=O) groups is 1. The Morgan fingerprint density at radius 1 is 1.40 bits per heavy atom. The highest BCUT2D eigenvalue weighted by atomic mass is 32.1. The molecule has 3 aromatic rings. The quantitative estimate of drug-likeness (QED) is 0.675. The number of thiazole rings is 1. The molecule has 0 fully saturated rings. The molecule has 1 atom stereocenters. The lowest BCUT2D eigenvalue weighted by atomic mass is 10.1. The number of amides is 1. The number of nitrogens with one attached hydrogen (secondary N) is 2. The Bertz CT molecular complexity index is 832. The molecule has 2 heterocycles. The van der Waals surface area contributed by atoms with Gasteiger partial charge in [-0.05, 0) is 19.1 Å². The summed E-state index contributed by atoms with van der Waals surface area (Å²) >= 11 is 1.38. The van der Waals surface area contributed by atoms with Crippen LogP contribution in [0, 0.1) is 0 Å². The molecule has 130 valence electrons. The maximum Gasteiger partial charge on any atom is 0.243 e. The summed E-state index contributed by atoms with van der Waals surface area (Å²) < 4.78 is 10.7. The van der Waals surface area contributed by atoms with E-state index in [9.17, 15) is 4.79 Å². The summed E-state index contributed by atoms with van der Waals surface area (Å²) in [6.45, 7) is 2.16. The Kier molecular flexibility index (Phi) is 5.42. The number of nitrogens with zero attached hydrogens (tertiary/aromatic N) is 2. The number of methoxy groups -OCH3 is 1. The number of ether oxygens (including phenoxy) is 1. The van der Waals surface area contributed by atoms with Crippen LogP contribution in [0.1, 0.15) is 12.7 Å². The SMILES string of the molecule is COc1ccccc1-c1cc(CN[C@@H](C)C(=O)Nc2nccs2)on1. The molecular formula is C17H18N4O3S. The van der Waals surface area contributed by atoms with Crippen LogP contribution in [0.4, 0.5) is 5.13 Å². The highest BCUT2D eigenvalue weighted by molar-refractivity contribution is 7.13. The zero-order chi connectivity index (χ0) is 17.6. The molecule has 0 radical (unpaired) electrons. The van der Waals surface area contributed by atoms with Crippen LogP contribution in [0.25, 0.3) is 11.3 Å². The third kappa shape index (κ3) is 4.23. The van der Waals surface area contributed by atoms with E-state index in [2.05, 4.69) is 20.8 Å². The number of para-hydroxylation sites is 1. The summed E-state index contributed by atoms with van der Waals surface area (Å²) in [4.78, 5) is 16.1. The van der Waals surface area contributed by atoms with Gasteiger partial charge in [-0.1, -0.05) is 17.3 Å². The Morgan fingerprint density at radius 3 is 3.00 bits per heavy atom. The van der Waals surface area contributed by atoms with E-state index in [1.165, 1.54) is 11.3 Å². The monoisotopic (exact) mass is 358 g/mol. The average molecular weight is 358 g/mol. The molecule has 2 N–H and O–H groups in total. The molecule has 0 saturated heterocycles. The van der Waals surface area contributed by atoms with Gasteiger partial charge in [-0.2, -0.15) is 0 Å². The number of aromatic nitrogens is 2. The second kappa shape index (κ2) is 7.91. The van der Waals surface area contributed by atoms with Crippen molar-refractivity contribution in [3.05, 3.63) is 47.7 Å². The molecule has 1 aromatic carbocycles. The van der Waals surface area contributed by atoms with Crippen LogP contribution < -0.4 is 15.4 Å². The molecule has 7 nitrogen and oxygen atoms in total.